The molecule has 0 fully saturated rings. The highest BCUT2D eigenvalue weighted by atomic mass is 16.6. The van der Waals surface area contributed by atoms with E-state index in [4.69, 9.17) is 42.7 Å². The molecule has 0 radical (unpaired) electrons. The van der Waals surface area contributed by atoms with Gasteiger partial charge in [-0.15, -0.1) is 0 Å². The molecule has 2 amide bonds. The number of aromatic nitrogens is 3. The van der Waals surface area contributed by atoms with Crippen molar-refractivity contribution >= 4 is 30.3 Å². The number of methoxy groups -OCH3 is 3. The van der Waals surface area contributed by atoms with Gasteiger partial charge in [-0.2, -0.15) is 0 Å². The first-order chi connectivity index (χ1) is 31.4. The number of aliphatic hydroxyl groups is 2. The maximum Gasteiger partial charge on any atom is 0.404 e. The van der Waals surface area contributed by atoms with Crippen molar-refractivity contribution in [2.24, 2.45) is 41.2 Å². The summed E-state index contributed by atoms with van der Waals surface area (Å²) >= 11 is 0. The molecular formula is C47H69N5O14. The molecule has 0 unspecified atom stereocenters. The minimum absolute atomic E-state index is 0.00289. The Morgan fingerprint density at radius 3 is 2.29 bits per heavy atom. The van der Waals surface area contributed by atoms with Crippen LogP contribution in [0.3, 0.4) is 0 Å². The minimum atomic E-state index is -1.07. The van der Waals surface area contributed by atoms with Crippen LogP contribution in [-0.2, 0) is 38.1 Å². The second kappa shape index (κ2) is 25.6. The summed E-state index contributed by atoms with van der Waals surface area (Å²) in [6, 6.07) is 0. The molecule has 1 aliphatic heterocycles. The summed E-state index contributed by atoms with van der Waals surface area (Å²) in [4.78, 5) is 65.4. The fourth-order valence-corrected chi connectivity index (χ4v) is 8.39. The summed E-state index contributed by atoms with van der Waals surface area (Å²) in [6.45, 7) is 11.1. The van der Waals surface area contributed by atoms with Crippen LogP contribution in [0, 0.1) is 35.5 Å². The third kappa shape index (κ3) is 15.2. The monoisotopic (exact) mass is 927 g/mol. The first kappa shape index (κ1) is 53.4. The SMILES string of the molecule is CO[C@H]([C@H](C)C(=O)CC[C@@H](C)[C@H](C[C@H]1OC(=O)C[C@@H](OC(N)=O)C[C@H](C)C[C@H](O)[C@H](C)[C@@H](OC)c2coc(n2)-c2coc(n2)-c2coc(n2)/C=C\C[C@@H](O)[C@@H]1C)OC)[C@@H](C)/C=C/N(C)C=O. The summed E-state index contributed by atoms with van der Waals surface area (Å²) in [6.07, 6.45) is 6.09. The van der Waals surface area contributed by atoms with Crippen LogP contribution in [0.1, 0.15) is 104 Å². The normalized spacial score (nSPS) is 26.5. The van der Waals surface area contributed by atoms with E-state index in [1.54, 1.807) is 46.5 Å². The molecule has 0 saturated carbocycles. The molecule has 4 heterocycles. The van der Waals surface area contributed by atoms with Crippen molar-refractivity contribution < 1.29 is 66.3 Å². The quantitative estimate of drug-likeness (QED) is 0.102. The number of carbonyl (C=O) groups is 4. The van der Waals surface area contributed by atoms with Gasteiger partial charge in [0.1, 0.15) is 48.6 Å². The third-order valence-corrected chi connectivity index (χ3v) is 12.5. The number of amides is 2. The number of fused-ring (bicyclic) bond motifs is 8. The van der Waals surface area contributed by atoms with Crippen LogP contribution in [0.4, 0.5) is 4.79 Å². The molecule has 0 spiro atoms. The van der Waals surface area contributed by atoms with E-state index >= 15 is 0 Å². The standard InChI is InChI=1S/C47H69N5O14/c1-26-18-32(65-47(48)58)20-42(57)66-40(21-39(59-8)27(2)14-15-37(55)30(5)43(60-9)28(3)16-17-52(7)25-53)29(4)36(54)12-11-13-41-49-34(23-62-41)45-51-35(24-64-45)46-50-33(22-63-46)44(61-10)31(6)38(56)19-26/h11,13,16-17,22-32,36,38-40,43-44,54,56H,12,14-15,18-21H2,1-10H3,(H2,48,58)/b13-11-,17-16+/t26-,27+,28-,29-,30+,31-,32-,36+,38-,39-,40+,43-,44+/m0/s1. The number of carbonyl (C=O) groups excluding carboxylic acids is 4. The lowest BCUT2D eigenvalue weighted by atomic mass is 9.84. The minimum Gasteiger partial charge on any atom is -0.462 e. The van der Waals surface area contributed by atoms with Crippen molar-refractivity contribution in [2.45, 2.75) is 129 Å². The summed E-state index contributed by atoms with van der Waals surface area (Å²) in [5, 5.41) is 22.9. The molecule has 0 saturated heterocycles. The molecule has 3 aromatic heterocycles. The highest BCUT2D eigenvalue weighted by molar-refractivity contribution is 5.81. The Balaban J connectivity index is 1.58. The summed E-state index contributed by atoms with van der Waals surface area (Å²) in [5.41, 5.74) is 6.48. The van der Waals surface area contributed by atoms with Crippen LogP contribution in [0.2, 0.25) is 0 Å². The third-order valence-electron chi connectivity index (χ3n) is 12.5. The van der Waals surface area contributed by atoms with Crippen molar-refractivity contribution in [3.8, 4) is 23.2 Å². The van der Waals surface area contributed by atoms with E-state index in [2.05, 4.69) is 15.0 Å². The number of ether oxygens (including phenoxy) is 5. The zero-order valence-electron chi connectivity index (χ0n) is 39.7. The van der Waals surface area contributed by atoms with Gasteiger partial charge in [-0.1, -0.05) is 53.7 Å². The lowest BCUT2D eigenvalue weighted by molar-refractivity contribution is -0.159. The Hall–Kier alpha value is -5.21. The van der Waals surface area contributed by atoms with Gasteiger partial charge >= 0.3 is 12.1 Å². The molecule has 19 heteroatoms. The topological polar surface area (TPSA) is 262 Å². The van der Waals surface area contributed by atoms with Gasteiger partial charge in [0, 0.05) is 71.1 Å². The predicted molar refractivity (Wildman–Crippen MR) is 240 cm³/mol. The molecule has 3 aromatic rings. The number of hydrogen-bond donors (Lipinski definition) is 3. The molecular weight excluding hydrogens is 859 g/mol. The van der Waals surface area contributed by atoms with Crippen LogP contribution >= 0.6 is 0 Å². The molecule has 0 aliphatic carbocycles. The second-order valence-corrected chi connectivity index (χ2v) is 17.7. The summed E-state index contributed by atoms with van der Waals surface area (Å²) < 4.78 is 46.0. The Bertz CT molecular complexity index is 2050. The van der Waals surface area contributed by atoms with Gasteiger partial charge in [-0.25, -0.2) is 19.7 Å². The number of primary amides is 1. The first-order valence-electron chi connectivity index (χ1n) is 22.4. The lowest BCUT2D eigenvalue weighted by Gasteiger charge is -2.33. The van der Waals surface area contributed by atoms with Crippen molar-refractivity contribution in [1.29, 1.82) is 0 Å². The smallest absolute Gasteiger partial charge is 0.404 e. The number of Topliss-reactive ketones (excluding diaryl/α,β-unsaturated/α-hetero) is 1. The maximum atomic E-state index is 13.8. The second-order valence-electron chi connectivity index (χ2n) is 17.7. The number of cyclic esters (lactones) is 1. The fourth-order valence-electron chi connectivity index (χ4n) is 8.39. The highest BCUT2D eigenvalue weighted by Crippen LogP contribution is 2.34. The number of hydrogen-bond acceptors (Lipinski definition) is 17. The maximum absolute atomic E-state index is 13.8. The van der Waals surface area contributed by atoms with E-state index < -0.39 is 72.5 Å². The largest absolute Gasteiger partial charge is 0.462 e. The fraction of sp³-hybridized carbons (Fsp3) is 0.638. The average molecular weight is 928 g/mol. The molecule has 1 aliphatic rings. The van der Waals surface area contributed by atoms with Crippen LogP contribution in [0.5, 0.6) is 0 Å². The van der Waals surface area contributed by atoms with E-state index in [1.165, 1.54) is 30.8 Å². The van der Waals surface area contributed by atoms with Gasteiger partial charge in [0.2, 0.25) is 24.1 Å². The van der Waals surface area contributed by atoms with E-state index in [-0.39, 0.29) is 79.7 Å². The molecule has 19 nitrogen and oxygen atoms in total. The van der Waals surface area contributed by atoms with Gasteiger partial charge in [-0.05, 0) is 43.6 Å². The molecule has 4 N–H and O–H groups in total. The molecule has 0 aromatic carbocycles. The predicted octanol–water partition coefficient (Wildman–Crippen LogP) is 6.54. The summed E-state index contributed by atoms with van der Waals surface area (Å²) in [7, 11) is 6.22. The Morgan fingerprint density at radius 1 is 0.939 bits per heavy atom. The zero-order chi connectivity index (χ0) is 48.7. The number of rotatable bonds is 16. The van der Waals surface area contributed by atoms with Crippen molar-refractivity contribution in [3.05, 3.63) is 48.7 Å². The van der Waals surface area contributed by atoms with E-state index in [0.717, 1.165) is 0 Å². The van der Waals surface area contributed by atoms with E-state index in [1.807, 2.05) is 40.7 Å². The van der Waals surface area contributed by atoms with Gasteiger partial charge in [0.25, 0.3) is 0 Å². The van der Waals surface area contributed by atoms with E-state index in [0.29, 0.717) is 29.9 Å². The zero-order valence-corrected chi connectivity index (χ0v) is 39.7. The van der Waals surface area contributed by atoms with Gasteiger partial charge in [0.15, 0.2) is 11.4 Å². The van der Waals surface area contributed by atoms with Crippen LogP contribution in [0.25, 0.3) is 29.2 Å². The summed E-state index contributed by atoms with van der Waals surface area (Å²) in [5.74, 6) is -2.37. The molecule has 366 valence electrons. The highest BCUT2D eigenvalue weighted by Gasteiger charge is 2.35. The van der Waals surface area contributed by atoms with Crippen LogP contribution < -0.4 is 5.73 Å². The number of nitrogens with two attached hydrogens (primary N) is 1. The van der Waals surface area contributed by atoms with Crippen molar-refractivity contribution in [2.75, 3.05) is 28.4 Å². The molecule has 4 rings (SSSR count). The molecule has 66 heavy (non-hydrogen) atoms. The van der Waals surface area contributed by atoms with E-state index in [9.17, 15) is 29.4 Å². The van der Waals surface area contributed by atoms with Gasteiger partial charge in [0.05, 0.1) is 30.8 Å². The van der Waals surface area contributed by atoms with Crippen molar-refractivity contribution in [1.82, 2.24) is 19.9 Å². The Labute approximate surface area is 386 Å². The van der Waals surface area contributed by atoms with Crippen molar-refractivity contribution in [3.63, 3.8) is 0 Å². The lowest BCUT2D eigenvalue weighted by Crippen LogP contribution is -2.39. The number of oxazole rings is 3. The van der Waals surface area contributed by atoms with Gasteiger partial charge in [-0.3, -0.25) is 14.4 Å². The molecule has 13 atom stereocenters. The van der Waals surface area contributed by atoms with Crippen LogP contribution in [0.15, 0.2) is 50.4 Å². The number of nitrogens with zero attached hydrogens (tertiary/aromatic N) is 4. The Morgan fingerprint density at radius 2 is 1.62 bits per heavy atom. The Kier molecular flexibility index (Phi) is 20.7. The first-order valence-corrected chi connectivity index (χ1v) is 22.4. The molecule has 6 bridgehead atoms. The van der Waals surface area contributed by atoms with Crippen LogP contribution in [-0.4, -0.2) is 119 Å². The average Bonchev–Trinajstić information content (AvgIpc) is 4.08. The number of aliphatic hydroxyl groups excluding tert-OH is 2. The number of ketones is 1. The number of esters is 1. The van der Waals surface area contributed by atoms with Gasteiger partial charge < -0.3 is 57.8 Å².